The molecular weight excluding hydrogens is 258 g/mol. The molecule has 1 aliphatic carbocycles. The van der Waals surface area contributed by atoms with Gasteiger partial charge in [-0.3, -0.25) is 0 Å². The Bertz CT molecular complexity index is 649. The molecule has 1 atom stereocenters. The van der Waals surface area contributed by atoms with Gasteiger partial charge in [-0.15, -0.1) is 0 Å². The van der Waals surface area contributed by atoms with Crippen LogP contribution < -0.4 is 5.32 Å². The van der Waals surface area contributed by atoms with Crippen LogP contribution in [0.15, 0.2) is 24.3 Å². The van der Waals surface area contributed by atoms with E-state index in [0.717, 1.165) is 42.4 Å². The van der Waals surface area contributed by atoms with E-state index in [2.05, 4.69) is 43.4 Å². The van der Waals surface area contributed by atoms with Crippen LogP contribution >= 0.6 is 0 Å². The molecular formula is C18H23N3. The van der Waals surface area contributed by atoms with Gasteiger partial charge in [0.25, 0.3) is 0 Å². The van der Waals surface area contributed by atoms with Gasteiger partial charge in [0.1, 0.15) is 0 Å². The fourth-order valence-corrected chi connectivity index (χ4v) is 3.24. The van der Waals surface area contributed by atoms with Crippen LogP contribution in [0.4, 0.5) is 0 Å². The number of nitrogens with one attached hydrogen (secondary N) is 1. The van der Waals surface area contributed by atoms with Gasteiger partial charge in [-0.05, 0) is 64.3 Å². The summed E-state index contributed by atoms with van der Waals surface area (Å²) in [5.74, 6) is 1.59. The largest absolute Gasteiger partial charge is 0.319 e. The molecule has 2 aromatic rings. The van der Waals surface area contributed by atoms with Crippen molar-refractivity contribution in [3.8, 4) is 11.4 Å². The zero-order valence-electron chi connectivity index (χ0n) is 13.1. The summed E-state index contributed by atoms with van der Waals surface area (Å²) in [5, 5.41) is 3.29. The highest BCUT2D eigenvalue weighted by Gasteiger charge is 2.22. The maximum absolute atomic E-state index is 4.85. The lowest BCUT2D eigenvalue weighted by atomic mass is 9.85. The summed E-state index contributed by atoms with van der Waals surface area (Å²) in [6.07, 6.45) is 3.40. The predicted molar refractivity (Wildman–Crippen MR) is 86.4 cm³/mol. The molecule has 0 bridgehead atoms. The van der Waals surface area contributed by atoms with E-state index < -0.39 is 0 Å². The molecule has 1 aromatic carbocycles. The number of hydrogen-bond acceptors (Lipinski definition) is 3. The van der Waals surface area contributed by atoms with Crippen LogP contribution in [-0.2, 0) is 12.8 Å². The van der Waals surface area contributed by atoms with E-state index in [4.69, 9.17) is 9.97 Å². The monoisotopic (exact) mass is 281 g/mol. The summed E-state index contributed by atoms with van der Waals surface area (Å²) in [5.41, 5.74) is 6.15. The SMILES string of the molecule is CNCC1CCc2nc(-c3cccc(C)c3)nc(C)c2C1. The third kappa shape index (κ3) is 2.98. The molecule has 1 unspecified atom stereocenters. The Labute approximate surface area is 126 Å². The van der Waals surface area contributed by atoms with Gasteiger partial charge >= 0.3 is 0 Å². The lowest BCUT2D eigenvalue weighted by Gasteiger charge is -2.25. The second-order valence-electron chi connectivity index (χ2n) is 6.09. The highest BCUT2D eigenvalue weighted by Crippen LogP contribution is 2.28. The van der Waals surface area contributed by atoms with Crippen molar-refractivity contribution in [1.82, 2.24) is 15.3 Å². The van der Waals surface area contributed by atoms with Crippen LogP contribution in [0.3, 0.4) is 0 Å². The quantitative estimate of drug-likeness (QED) is 0.939. The molecule has 21 heavy (non-hydrogen) atoms. The van der Waals surface area contributed by atoms with E-state index in [-0.39, 0.29) is 0 Å². The van der Waals surface area contributed by atoms with Gasteiger partial charge < -0.3 is 5.32 Å². The molecule has 0 spiro atoms. The third-order valence-corrected chi connectivity index (χ3v) is 4.35. The third-order valence-electron chi connectivity index (χ3n) is 4.35. The number of hydrogen-bond donors (Lipinski definition) is 1. The molecule has 0 aliphatic heterocycles. The van der Waals surface area contributed by atoms with Crippen LogP contribution in [-0.4, -0.2) is 23.6 Å². The Kier molecular flexibility index (Phi) is 4.02. The average Bonchev–Trinajstić information content (AvgIpc) is 2.48. The lowest BCUT2D eigenvalue weighted by molar-refractivity contribution is 0.433. The zero-order chi connectivity index (χ0) is 14.8. The molecule has 0 radical (unpaired) electrons. The normalized spacial score (nSPS) is 17.6. The summed E-state index contributed by atoms with van der Waals surface area (Å²) in [6, 6.07) is 8.44. The van der Waals surface area contributed by atoms with Crippen molar-refractivity contribution >= 4 is 0 Å². The van der Waals surface area contributed by atoms with Gasteiger partial charge in [0, 0.05) is 17.0 Å². The van der Waals surface area contributed by atoms with Gasteiger partial charge in [-0.1, -0.05) is 23.8 Å². The fraction of sp³-hybridized carbons (Fsp3) is 0.444. The Morgan fingerprint density at radius 3 is 2.86 bits per heavy atom. The standard InChI is InChI=1S/C18H23N3/c1-12-5-4-6-15(9-12)18-20-13(2)16-10-14(11-19-3)7-8-17(16)21-18/h4-6,9,14,19H,7-8,10-11H2,1-3H3. The molecule has 0 saturated heterocycles. The van der Waals surface area contributed by atoms with Gasteiger partial charge in [-0.25, -0.2) is 9.97 Å². The minimum Gasteiger partial charge on any atom is -0.319 e. The Morgan fingerprint density at radius 1 is 1.24 bits per heavy atom. The molecule has 0 fully saturated rings. The molecule has 0 saturated carbocycles. The first kappa shape index (κ1) is 14.2. The highest BCUT2D eigenvalue weighted by molar-refractivity contribution is 5.57. The minimum atomic E-state index is 0.717. The van der Waals surface area contributed by atoms with Crippen LogP contribution in [0.2, 0.25) is 0 Å². The van der Waals surface area contributed by atoms with Gasteiger partial charge in [-0.2, -0.15) is 0 Å². The molecule has 1 heterocycles. The van der Waals surface area contributed by atoms with Crippen molar-refractivity contribution in [2.24, 2.45) is 5.92 Å². The second kappa shape index (κ2) is 5.94. The summed E-state index contributed by atoms with van der Waals surface area (Å²) >= 11 is 0. The van der Waals surface area contributed by atoms with Crippen molar-refractivity contribution in [2.75, 3.05) is 13.6 Å². The fourth-order valence-electron chi connectivity index (χ4n) is 3.24. The highest BCUT2D eigenvalue weighted by atomic mass is 14.9. The number of rotatable bonds is 3. The van der Waals surface area contributed by atoms with E-state index in [1.807, 2.05) is 7.05 Å². The molecule has 0 amide bonds. The Morgan fingerprint density at radius 2 is 2.10 bits per heavy atom. The minimum absolute atomic E-state index is 0.717. The first-order chi connectivity index (χ1) is 10.2. The first-order valence-electron chi connectivity index (χ1n) is 7.75. The van der Waals surface area contributed by atoms with E-state index in [1.54, 1.807) is 0 Å². The smallest absolute Gasteiger partial charge is 0.159 e. The number of benzene rings is 1. The Balaban J connectivity index is 1.96. The summed E-state index contributed by atoms with van der Waals surface area (Å²) in [4.78, 5) is 9.61. The number of nitrogens with zero attached hydrogens (tertiary/aromatic N) is 2. The molecule has 3 rings (SSSR count). The predicted octanol–water partition coefficient (Wildman–Crippen LogP) is 3.08. The molecule has 1 N–H and O–H groups in total. The maximum Gasteiger partial charge on any atom is 0.159 e. The number of fused-ring (bicyclic) bond motifs is 1. The zero-order valence-corrected chi connectivity index (χ0v) is 13.1. The molecule has 3 nitrogen and oxygen atoms in total. The van der Waals surface area contributed by atoms with E-state index in [9.17, 15) is 0 Å². The van der Waals surface area contributed by atoms with Crippen molar-refractivity contribution in [1.29, 1.82) is 0 Å². The number of aryl methyl sites for hydroxylation is 3. The van der Waals surface area contributed by atoms with Gasteiger partial charge in [0.05, 0.1) is 0 Å². The van der Waals surface area contributed by atoms with Crippen LogP contribution in [0.5, 0.6) is 0 Å². The lowest BCUT2D eigenvalue weighted by Crippen LogP contribution is -2.26. The topological polar surface area (TPSA) is 37.8 Å². The molecule has 1 aromatic heterocycles. The van der Waals surface area contributed by atoms with E-state index in [0.29, 0.717) is 0 Å². The van der Waals surface area contributed by atoms with Crippen LogP contribution in [0.25, 0.3) is 11.4 Å². The van der Waals surface area contributed by atoms with Crippen LogP contribution in [0, 0.1) is 19.8 Å². The second-order valence-corrected chi connectivity index (χ2v) is 6.09. The summed E-state index contributed by atoms with van der Waals surface area (Å²) in [7, 11) is 2.03. The van der Waals surface area contributed by atoms with Gasteiger partial charge in [0.15, 0.2) is 5.82 Å². The first-order valence-corrected chi connectivity index (χ1v) is 7.75. The van der Waals surface area contributed by atoms with Crippen LogP contribution in [0.1, 0.15) is 28.9 Å². The van der Waals surface area contributed by atoms with Crippen molar-refractivity contribution < 1.29 is 0 Å². The van der Waals surface area contributed by atoms with Crippen molar-refractivity contribution in [2.45, 2.75) is 33.1 Å². The number of aromatic nitrogens is 2. The molecule has 3 heteroatoms. The average molecular weight is 281 g/mol. The summed E-state index contributed by atoms with van der Waals surface area (Å²) < 4.78 is 0. The van der Waals surface area contributed by atoms with Crippen molar-refractivity contribution in [3.63, 3.8) is 0 Å². The van der Waals surface area contributed by atoms with Crippen molar-refractivity contribution in [3.05, 3.63) is 46.8 Å². The molecule has 110 valence electrons. The van der Waals surface area contributed by atoms with Gasteiger partial charge in [0.2, 0.25) is 0 Å². The van der Waals surface area contributed by atoms with E-state index >= 15 is 0 Å². The summed E-state index contributed by atoms with van der Waals surface area (Å²) in [6.45, 7) is 5.32. The molecule has 1 aliphatic rings. The van der Waals surface area contributed by atoms with E-state index in [1.165, 1.54) is 23.2 Å². The maximum atomic E-state index is 4.85. The Hall–Kier alpha value is -1.74.